The summed E-state index contributed by atoms with van der Waals surface area (Å²) in [6.07, 6.45) is 3.93. The molecule has 1 aromatic rings. The van der Waals surface area contributed by atoms with Crippen molar-refractivity contribution in [3.8, 4) is 0 Å². The van der Waals surface area contributed by atoms with E-state index in [1.165, 1.54) is 17.4 Å². The molecule has 5 nitrogen and oxygen atoms in total. The smallest absolute Gasteiger partial charge is 0.308 e. The fourth-order valence-corrected chi connectivity index (χ4v) is 4.70. The van der Waals surface area contributed by atoms with Crippen LogP contribution in [-0.4, -0.2) is 24.7 Å². The molecular weight excluding hydrogens is 362 g/mol. The molecule has 0 saturated carbocycles. The van der Waals surface area contributed by atoms with E-state index in [0.717, 1.165) is 11.1 Å². The van der Waals surface area contributed by atoms with Crippen LogP contribution in [0.4, 0.5) is 0 Å². The first-order valence-electron chi connectivity index (χ1n) is 9.24. The van der Waals surface area contributed by atoms with Crippen LogP contribution in [0.1, 0.15) is 46.6 Å². The number of carbonyl (C=O) groups is 1. The van der Waals surface area contributed by atoms with E-state index in [0.29, 0.717) is 12.3 Å². The minimum Gasteiger partial charge on any atom is -0.425 e. The Balaban J connectivity index is 2.59. The Labute approximate surface area is 162 Å². The van der Waals surface area contributed by atoms with Crippen LogP contribution < -0.4 is 0 Å². The van der Waals surface area contributed by atoms with Gasteiger partial charge in [-0.15, -0.1) is 0 Å². The van der Waals surface area contributed by atoms with Gasteiger partial charge in [-0.05, 0) is 49.0 Å². The van der Waals surface area contributed by atoms with Gasteiger partial charge in [0.1, 0.15) is 5.76 Å². The third-order valence-corrected chi connectivity index (χ3v) is 6.26. The van der Waals surface area contributed by atoms with Gasteiger partial charge in [0.05, 0.1) is 17.1 Å². The van der Waals surface area contributed by atoms with Gasteiger partial charge in [0, 0.05) is 6.92 Å². The molecule has 2 rings (SSSR count). The van der Waals surface area contributed by atoms with E-state index >= 15 is 0 Å². The van der Waals surface area contributed by atoms with Gasteiger partial charge >= 0.3 is 5.97 Å². The van der Waals surface area contributed by atoms with Gasteiger partial charge in [-0.1, -0.05) is 45.4 Å². The summed E-state index contributed by atoms with van der Waals surface area (Å²) in [4.78, 5) is 11.7. The highest BCUT2D eigenvalue weighted by molar-refractivity contribution is 7.89. The molecule has 6 heteroatoms. The zero-order chi connectivity index (χ0) is 20.4. The first-order valence-corrected chi connectivity index (χ1v) is 10.7. The van der Waals surface area contributed by atoms with Crippen LogP contribution in [0.3, 0.4) is 0 Å². The van der Waals surface area contributed by atoms with Crippen LogP contribution in [0.5, 0.6) is 0 Å². The summed E-state index contributed by atoms with van der Waals surface area (Å²) in [7, 11) is -3.78. The van der Waals surface area contributed by atoms with Gasteiger partial charge in [-0.3, -0.25) is 9.10 Å². The van der Waals surface area contributed by atoms with Crippen molar-refractivity contribution in [2.75, 3.05) is 0 Å². The van der Waals surface area contributed by atoms with Crippen molar-refractivity contribution < 1.29 is 17.9 Å². The minimum absolute atomic E-state index is 0.115. The molecule has 0 unspecified atom stereocenters. The summed E-state index contributed by atoms with van der Waals surface area (Å²) in [5, 5.41) is 0. The highest BCUT2D eigenvalue weighted by Gasteiger charge is 2.36. The molecule has 0 radical (unpaired) electrons. The Hall–Kier alpha value is -2.08. The van der Waals surface area contributed by atoms with Crippen LogP contribution >= 0.6 is 0 Å². The van der Waals surface area contributed by atoms with Crippen LogP contribution in [0, 0.1) is 18.8 Å². The normalized spacial score (nSPS) is 17.8. The molecule has 0 saturated heterocycles. The Morgan fingerprint density at radius 3 is 2.22 bits per heavy atom. The molecule has 0 amide bonds. The van der Waals surface area contributed by atoms with Gasteiger partial charge in [-0.2, -0.15) is 0 Å². The molecule has 1 heterocycles. The Morgan fingerprint density at radius 2 is 1.74 bits per heavy atom. The van der Waals surface area contributed by atoms with E-state index in [1.54, 1.807) is 30.3 Å². The van der Waals surface area contributed by atoms with Crippen molar-refractivity contribution in [1.29, 1.82) is 0 Å². The van der Waals surface area contributed by atoms with Crippen molar-refractivity contribution in [3.63, 3.8) is 0 Å². The van der Waals surface area contributed by atoms with E-state index in [1.807, 2.05) is 20.8 Å². The topological polar surface area (TPSA) is 63.7 Å². The average Bonchev–Trinajstić information content (AvgIpc) is 2.55. The summed E-state index contributed by atoms with van der Waals surface area (Å²) >= 11 is 0. The monoisotopic (exact) mass is 391 g/mol. The van der Waals surface area contributed by atoms with Gasteiger partial charge in [0.25, 0.3) is 10.0 Å². The van der Waals surface area contributed by atoms with Crippen LogP contribution in [0.2, 0.25) is 0 Å². The van der Waals surface area contributed by atoms with Crippen molar-refractivity contribution in [2.24, 2.45) is 11.8 Å². The lowest BCUT2D eigenvalue weighted by atomic mass is 9.88. The summed E-state index contributed by atoms with van der Waals surface area (Å²) in [6.45, 7) is 11.4. The van der Waals surface area contributed by atoms with Crippen molar-refractivity contribution in [3.05, 3.63) is 53.4 Å². The predicted molar refractivity (Wildman–Crippen MR) is 106 cm³/mol. The maximum absolute atomic E-state index is 13.4. The lowest BCUT2D eigenvalue weighted by Crippen LogP contribution is -2.41. The van der Waals surface area contributed by atoms with E-state index < -0.39 is 16.0 Å². The number of benzene rings is 1. The first-order chi connectivity index (χ1) is 12.5. The van der Waals surface area contributed by atoms with Crippen molar-refractivity contribution in [2.45, 2.75) is 58.9 Å². The Bertz CT molecular complexity index is 849. The number of esters is 1. The molecule has 1 aromatic carbocycles. The van der Waals surface area contributed by atoms with Crippen LogP contribution in [-0.2, 0) is 19.6 Å². The summed E-state index contributed by atoms with van der Waals surface area (Å²) in [5.41, 5.74) is 1.93. The predicted octanol–water partition coefficient (Wildman–Crippen LogP) is 4.40. The Kier molecular flexibility index (Phi) is 6.52. The molecule has 27 heavy (non-hydrogen) atoms. The second kappa shape index (κ2) is 8.30. The number of sulfonamides is 1. The maximum Gasteiger partial charge on any atom is 0.308 e. The average molecular weight is 392 g/mol. The molecule has 148 valence electrons. The maximum atomic E-state index is 13.4. The molecule has 0 spiro atoms. The van der Waals surface area contributed by atoms with Gasteiger partial charge in [0.15, 0.2) is 0 Å². The molecule has 0 bridgehead atoms. The quantitative estimate of drug-likeness (QED) is 0.674. The largest absolute Gasteiger partial charge is 0.425 e. The highest BCUT2D eigenvalue weighted by Crippen LogP contribution is 2.34. The number of carbonyl (C=O) groups excluding carboxylic acids is 1. The number of ether oxygens (including phenoxy) is 1. The summed E-state index contributed by atoms with van der Waals surface area (Å²) in [5.74, 6) is 0.192. The number of aryl methyl sites for hydroxylation is 1. The SMILES string of the molecule is CC(=O)OC1=CN(S(=O)(=O)c2ccc(C)cc2)[C@H](CC(C)C)C(C(C)C)=C1. The third-order valence-electron chi connectivity index (χ3n) is 4.47. The van der Waals surface area contributed by atoms with Gasteiger partial charge in [-0.25, -0.2) is 8.42 Å². The number of hydrogen-bond donors (Lipinski definition) is 0. The molecule has 0 N–H and O–H groups in total. The first kappa shape index (κ1) is 21.2. The highest BCUT2D eigenvalue weighted by atomic mass is 32.2. The summed E-state index contributed by atoms with van der Waals surface area (Å²) < 4.78 is 33.4. The second-order valence-corrected chi connectivity index (χ2v) is 9.56. The van der Waals surface area contributed by atoms with Crippen molar-refractivity contribution in [1.82, 2.24) is 4.31 Å². The fraction of sp³-hybridized carbons (Fsp3) is 0.476. The van der Waals surface area contributed by atoms with E-state index in [4.69, 9.17) is 4.74 Å². The molecule has 0 fully saturated rings. The molecule has 1 aliphatic heterocycles. The standard InChI is InChI=1S/C21H29NO4S/c1-14(2)11-21-20(15(3)4)12-18(26-17(6)23)13-22(21)27(24,25)19-9-7-16(5)8-10-19/h7-10,12-15,21H,11H2,1-6H3/t21-/m1/s1. The Morgan fingerprint density at radius 1 is 1.15 bits per heavy atom. The zero-order valence-corrected chi connectivity index (χ0v) is 17.7. The third kappa shape index (κ3) is 5.01. The molecule has 1 aliphatic rings. The van der Waals surface area contributed by atoms with Gasteiger partial charge in [0.2, 0.25) is 0 Å². The molecular formula is C21H29NO4S. The van der Waals surface area contributed by atoms with Crippen LogP contribution in [0.25, 0.3) is 0 Å². The number of nitrogens with zero attached hydrogens (tertiary/aromatic N) is 1. The van der Waals surface area contributed by atoms with Crippen LogP contribution in [0.15, 0.2) is 52.8 Å². The molecule has 0 aliphatic carbocycles. The molecule has 0 aromatic heterocycles. The second-order valence-electron chi connectivity index (χ2n) is 7.72. The lowest BCUT2D eigenvalue weighted by Gasteiger charge is -2.37. The van der Waals surface area contributed by atoms with E-state index in [9.17, 15) is 13.2 Å². The fourth-order valence-electron chi connectivity index (χ4n) is 3.19. The molecule has 1 atom stereocenters. The summed E-state index contributed by atoms with van der Waals surface area (Å²) in [6, 6.07) is 6.48. The number of rotatable bonds is 6. The van der Waals surface area contributed by atoms with E-state index in [2.05, 4.69) is 13.8 Å². The lowest BCUT2D eigenvalue weighted by molar-refractivity contribution is -0.136. The van der Waals surface area contributed by atoms with Crippen molar-refractivity contribution >= 4 is 16.0 Å². The van der Waals surface area contributed by atoms with Gasteiger partial charge < -0.3 is 4.74 Å². The number of allylic oxidation sites excluding steroid dienone is 1. The van der Waals surface area contributed by atoms with E-state index in [-0.39, 0.29) is 22.6 Å². The number of hydrogen-bond acceptors (Lipinski definition) is 4. The minimum atomic E-state index is -3.78. The zero-order valence-electron chi connectivity index (χ0n) is 16.9.